The second kappa shape index (κ2) is 5.18. The minimum absolute atomic E-state index is 0.239. The maximum Gasteiger partial charge on any atom is 0.247 e. The van der Waals surface area contributed by atoms with Crippen LogP contribution in [0.1, 0.15) is 25.8 Å². The first-order chi connectivity index (χ1) is 8.61. The van der Waals surface area contributed by atoms with Crippen molar-refractivity contribution in [1.82, 2.24) is 10.2 Å². The Morgan fingerprint density at radius 2 is 2.06 bits per heavy atom. The molecule has 0 aliphatic heterocycles. The van der Waals surface area contributed by atoms with E-state index in [9.17, 15) is 0 Å². The van der Waals surface area contributed by atoms with Crippen molar-refractivity contribution in [3.8, 4) is 17.2 Å². The maximum absolute atomic E-state index is 5.96. The van der Waals surface area contributed by atoms with Crippen molar-refractivity contribution in [2.45, 2.75) is 19.9 Å². The molecule has 0 amide bonds. The molecule has 0 aliphatic carbocycles. The van der Waals surface area contributed by atoms with Crippen molar-refractivity contribution >= 4 is 0 Å². The first-order valence-corrected chi connectivity index (χ1v) is 5.85. The highest BCUT2D eigenvalue weighted by Crippen LogP contribution is 2.25. The fourth-order valence-corrected chi connectivity index (χ4v) is 1.53. The number of hydrogen-bond donors (Lipinski definition) is 1. The smallest absolute Gasteiger partial charge is 0.247 e. The van der Waals surface area contributed by atoms with Crippen LogP contribution in [0.2, 0.25) is 0 Å². The Kier molecular flexibility index (Phi) is 3.62. The van der Waals surface area contributed by atoms with Gasteiger partial charge >= 0.3 is 0 Å². The highest BCUT2D eigenvalue weighted by atomic mass is 16.5. The first-order valence-electron chi connectivity index (χ1n) is 5.85. The molecule has 0 bridgehead atoms. The van der Waals surface area contributed by atoms with Gasteiger partial charge in [0.25, 0.3) is 0 Å². The van der Waals surface area contributed by atoms with Crippen LogP contribution in [0.3, 0.4) is 0 Å². The van der Waals surface area contributed by atoms with Gasteiger partial charge in [-0.1, -0.05) is 19.9 Å². The SMILES string of the molecule is COc1cccc(-c2nnc(C(N)C(C)C)o2)c1. The van der Waals surface area contributed by atoms with Gasteiger partial charge in [-0.05, 0) is 24.1 Å². The molecular weight excluding hydrogens is 230 g/mol. The molecule has 2 aromatic rings. The molecule has 5 nitrogen and oxygen atoms in total. The molecule has 0 saturated heterocycles. The van der Waals surface area contributed by atoms with Gasteiger partial charge in [0.15, 0.2) is 0 Å². The fraction of sp³-hybridized carbons (Fsp3) is 0.385. The van der Waals surface area contributed by atoms with E-state index in [-0.39, 0.29) is 12.0 Å². The summed E-state index contributed by atoms with van der Waals surface area (Å²) in [7, 11) is 1.62. The molecule has 1 unspecified atom stereocenters. The minimum atomic E-state index is -0.239. The van der Waals surface area contributed by atoms with E-state index >= 15 is 0 Å². The number of methoxy groups -OCH3 is 1. The van der Waals surface area contributed by atoms with Gasteiger partial charge in [-0.2, -0.15) is 0 Å². The molecule has 1 heterocycles. The summed E-state index contributed by atoms with van der Waals surface area (Å²) in [6.45, 7) is 4.03. The summed E-state index contributed by atoms with van der Waals surface area (Å²) >= 11 is 0. The zero-order chi connectivity index (χ0) is 13.1. The lowest BCUT2D eigenvalue weighted by molar-refractivity contribution is 0.393. The lowest BCUT2D eigenvalue weighted by atomic mass is 10.1. The summed E-state index contributed by atoms with van der Waals surface area (Å²) < 4.78 is 10.7. The average molecular weight is 247 g/mol. The van der Waals surface area contributed by atoms with Gasteiger partial charge in [0.1, 0.15) is 5.75 Å². The number of ether oxygens (including phenoxy) is 1. The van der Waals surface area contributed by atoms with Crippen molar-refractivity contribution < 1.29 is 9.15 Å². The lowest BCUT2D eigenvalue weighted by Gasteiger charge is -2.09. The highest BCUT2D eigenvalue weighted by Gasteiger charge is 2.18. The molecule has 2 rings (SSSR count). The first kappa shape index (κ1) is 12.6. The molecule has 0 aliphatic rings. The summed E-state index contributed by atoms with van der Waals surface area (Å²) in [5.41, 5.74) is 6.79. The van der Waals surface area contributed by atoms with Gasteiger partial charge in [0.2, 0.25) is 11.8 Å². The van der Waals surface area contributed by atoms with Crippen molar-refractivity contribution in [3.63, 3.8) is 0 Å². The van der Waals surface area contributed by atoms with Crippen molar-refractivity contribution in [3.05, 3.63) is 30.2 Å². The van der Waals surface area contributed by atoms with Gasteiger partial charge in [-0.25, -0.2) is 0 Å². The average Bonchev–Trinajstić information content (AvgIpc) is 2.87. The maximum atomic E-state index is 5.96. The Bertz CT molecular complexity index is 522. The topological polar surface area (TPSA) is 74.2 Å². The number of aromatic nitrogens is 2. The van der Waals surface area contributed by atoms with Gasteiger partial charge in [-0.3, -0.25) is 0 Å². The fourth-order valence-electron chi connectivity index (χ4n) is 1.53. The zero-order valence-electron chi connectivity index (χ0n) is 10.8. The summed E-state index contributed by atoms with van der Waals surface area (Å²) in [5, 5.41) is 8.00. The van der Waals surface area contributed by atoms with Crippen LogP contribution in [-0.4, -0.2) is 17.3 Å². The summed E-state index contributed by atoms with van der Waals surface area (Å²) in [4.78, 5) is 0. The third-order valence-corrected chi connectivity index (χ3v) is 2.76. The molecule has 1 atom stereocenters. The Morgan fingerprint density at radius 3 is 2.72 bits per heavy atom. The predicted octanol–water partition coefficient (Wildman–Crippen LogP) is 2.40. The van der Waals surface area contributed by atoms with Crippen molar-refractivity contribution in [1.29, 1.82) is 0 Å². The van der Waals surface area contributed by atoms with Crippen LogP contribution >= 0.6 is 0 Å². The van der Waals surface area contributed by atoms with Crippen LogP contribution in [0.4, 0.5) is 0 Å². The predicted molar refractivity (Wildman–Crippen MR) is 68.1 cm³/mol. The number of rotatable bonds is 4. The van der Waals surface area contributed by atoms with E-state index < -0.39 is 0 Å². The van der Waals surface area contributed by atoms with Gasteiger partial charge < -0.3 is 14.9 Å². The van der Waals surface area contributed by atoms with Crippen LogP contribution in [0, 0.1) is 5.92 Å². The third kappa shape index (κ3) is 2.51. The second-order valence-electron chi connectivity index (χ2n) is 4.45. The molecule has 0 radical (unpaired) electrons. The molecule has 96 valence electrons. The zero-order valence-corrected chi connectivity index (χ0v) is 10.8. The minimum Gasteiger partial charge on any atom is -0.497 e. The number of hydrogen-bond acceptors (Lipinski definition) is 5. The monoisotopic (exact) mass is 247 g/mol. The highest BCUT2D eigenvalue weighted by molar-refractivity contribution is 5.55. The van der Waals surface area contributed by atoms with Crippen LogP contribution in [0.15, 0.2) is 28.7 Å². The van der Waals surface area contributed by atoms with E-state index in [0.717, 1.165) is 11.3 Å². The van der Waals surface area contributed by atoms with Crippen LogP contribution in [0.25, 0.3) is 11.5 Å². The quantitative estimate of drug-likeness (QED) is 0.898. The summed E-state index contributed by atoms with van der Waals surface area (Å²) in [6.07, 6.45) is 0. The van der Waals surface area contributed by atoms with E-state index in [2.05, 4.69) is 10.2 Å². The number of benzene rings is 1. The standard InChI is InChI=1S/C13H17N3O2/c1-8(2)11(14)13-16-15-12(18-13)9-5-4-6-10(7-9)17-3/h4-8,11H,14H2,1-3H3. The lowest BCUT2D eigenvalue weighted by Crippen LogP contribution is -2.16. The Balaban J connectivity index is 2.29. The molecular formula is C13H17N3O2. The van der Waals surface area contributed by atoms with Crippen LogP contribution < -0.4 is 10.5 Å². The molecule has 2 N–H and O–H groups in total. The van der Waals surface area contributed by atoms with Gasteiger partial charge in [0.05, 0.1) is 13.2 Å². The second-order valence-corrected chi connectivity index (χ2v) is 4.45. The van der Waals surface area contributed by atoms with Gasteiger partial charge in [0, 0.05) is 5.56 Å². The Hall–Kier alpha value is -1.88. The third-order valence-electron chi connectivity index (χ3n) is 2.76. The number of nitrogens with zero attached hydrogens (tertiary/aromatic N) is 2. The van der Waals surface area contributed by atoms with Crippen LogP contribution in [0.5, 0.6) is 5.75 Å². The van der Waals surface area contributed by atoms with Crippen molar-refractivity contribution in [2.24, 2.45) is 11.7 Å². The van der Waals surface area contributed by atoms with Crippen LogP contribution in [-0.2, 0) is 0 Å². The largest absolute Gasteiger partial charge is 0.497 e. The molecule has 0 saturated carbocycles. The van der Waals surface area contributed by atoms with E-state index in [1.54, 1.807) is 7.11 Å². The number of nitrogens with two attached hydrogens (primary N) is 1. The molecule has 0 fully saturated rings. The molecule has 0 spiro atoms. The van der Waals surface area contributed by atoms with E-state index in [4.69, 9.17) is 14.9 Å². The van der Waals surface area contributed by atoms with E-state index in [0.29, 0.717) is 11.8 Å². The Labute approximate surface area is 106 Å². The van der Waals surface area contributed by atoms with Gasteiger partial charge in [-0.15, -0.1) is 10.2 Å². The Morgan fingerprint density at radius 1 is 1.28 bits per heavy atom. The molecule has 5 heteroatoms. The molecule has 1 aromatic heterocycles. The van der Waals surface area contributed by atoms with E-state index in [1.807, 2.05) is 38.1 Å². The summed E-state index contributed by atoms with van der Waals surface area (Å²) in [6, 6.07) is 7.23. The molecule has 18 heavy (non-hydrogen) atoms. The molecule has 1 aromatic carbocycles. The van der Waals surface area contributed by atoms with E-state index in [1.165, 1.54) is 0 Å². The normalized spacial score (nSPS) is 12.7. The summed E-state index contributed by atoms with van der Waals surface area (Å²) in [5.74, 6) is 1.92. The van der Waals surface area contributed by atoms with Crippen molar-refractivity contribution in [2.75, 3.05) is 7.11 Å².